The van der Waals surface area contributed by atoms with Gasteiger partial charge in [-0.05, 0) is 6.92 Å². The van der Waals surface area contributed by atoms with Crippen LogP contribution in [-0.4, -0.2) is 22.6 Å². The van der Waals surface area contributed by atoms with Crippen molar-refractivity contribution in [2.24, 2.45) is 9.98 Å². The zero-order valence-electron chi connectivity index (χ0n) is 8.66. The molecule has 3 nitrogen and oxygen atoms in total. The Kier molecular flexibility index (Phi) is 3.23. The molecule has 0 amide bonds. The molecule has 2 aliphatic rings. The van der Waals surface area contributed by atoms with Gasteiger partial charge in [-0.2, -0.15) is 0 Å². The van der Waals surface area contributed by atoms with E-state index in [4.69, 9.17) is 4.74 Å². The van der Waals surface area contributed by atoms with Gasteiger partial charge in [-0.15, -0.1) is 0 Å². The number of allylic oxidation sites excluding steroid dienone is 2. The first-order valence-corrected chi connectivity index (χ1v) is 6.19. The summed E-state index contributed by atoms with van der Waals surface area (Å²) in [6, 6.07) is 0. The molecule has 0 aromatic rings. The van der Waals surface area contributed by atoms with Gasteiger partial charge in [0.05, 0.1) is 16.2 Å². The topological polar surface area (TPSA) is 34.0 Å². The molecule has 0 bridgehead atoms. The normalized spacial score (nSPS) is 32.0. The second-order valence-electron chi connectivity index (χ2n) is 3.60. The molecular weight excluding hydrogens is 303 g/mol. The summed E-state index contributed by atoms with van der Waals surface area (Å²) in [6.07, 6.45) is 3.74. The van der Waals surface area contributed by atoms with E-state index in [1.54, 1.807) is 0 Å². The van der Waals surface area contributed by atoms with Crippen LogP contribution >= 0.6 is 22.6 Å². The number of aliphatic imine (C=N–C) groups is 2. The lowest BCUT2D eigenvalue weighted by Crippen LogP contribution is -2.03. The van der Waals surface area contributed by atoms with Crippen LogP contribution in [-0.2, 0) is 4.74 Å². The van der Waals surface area contributed by atoms with Gasteiger partial charge in [0.2, 0.25) is 0 Å². The molecule has 0 saturated heterocycles. The molecule has 0 fully saturated rings. The second kappa shape index (κ2) is 4.47. The van der Waals surface area contributed by atoms with E-state index in [1.165, 1.54) is 5.57 Å². The number of amidine groups is 1. The van der Waals surface area contributed by atoms with E-state index in [9.17, 15) is 0 Å². The average Bonchev–Trinajstić information content (AvgIpc) is 2.62. The minimum absolute atomic E-state index is 0.363. The Morgan fingerprint density at radius 3 is 3.20 bits per heavy atom. The summed E-state index contributed by atoms with van der Waals surface area (Å²) in [4.78, 5) is 8.63. The predicted molar refractivity (Wildman–Crippen MR) is 70.8 cm³/mol. The number of hydrogen-bond acceptors (Lipinski definition) is 3. The maximum Gasteiger partial charge on any atom is 0.125 e. The highest BCUT2D eigenvalue weighted by Crippen LogP contribution is 2.30. The minimum Gasteiger partial charge on any atom is -0.497 e. The third kappa shape index (κ3) is 2.48. The number of alkyl halides is 1. The van der Waals surface area contributed by atoms with Gasteiger partial charge in [-0.3, -0.25) is 0 Å². The lowest BCUT2D eigenvalue weighted by Gasteiger charge is -2.06. The Morgan fingerprint density at radius 2 is 2.40 bits per heavy atom. The lowest BCUT2D eigenvalue weighted by molar-refractivity contribution is 0.236. The summed E-state index contributed by atoms with van der Waals surface area (Å²) in [7, 11) is 0. The van der Waals surface area contributed by atoms with Gasteiger partial charge >= 0.3 is 0 Å². The first kappa shape index (κ1) is 10.9. The smallest absolute Gasteiger partial charge is 0.125 e. The molecule has 0 aliphatic carbocycles. The first-order chi connectivity index (χ1) is 7.16. The number of nitrogens with zero attached hydrogens (tertiary/aromatic N) is 2. The van der Waals surface area contributed by atoms with Crippen molar-refractivity contribution in [3.05, 3.63) is 23.6 Å². The Morgan fingerprint density at radius 1 is 1.60 bits per heavy atom. The maximum absolute atomic E-state index is 5.61. The quantitative estimate of drug-likeness (QED) is 0.500. The van der Waals surface area contributed by atoms with Crippen LogP contribution in [0.15, 0.2) is 33.6 Å². The van der Waals surface area contributed by atoms with Crippen LogP contribution in [0.3, 0.4) is 0 Å². The molecule has 0 aromatic heterocycles. The molecule has 0 unspecified atom stereocenters. The molecule has 2 heterocycles. The standard InChI is InChI=1S/C11H13IN2O/c1-7-10-3-4-15-11(10)5-9(12)6-13-8(2)14-7/h6,9H,1,3-5H2,2H3/b13-6-,14-8-/t9-/m0/s1. The van der Waals surface area contributed by atoms with Crippen LogP contribution in [0.4, 0.5) is 0 Å². The van der Waals surface area contributed by atoms with Crippen LogP contribution in [0.1, 0.15) is 19.8 Å². The summed E-state index contributed by atoms with van der Waals surface area (Å²) in [5.74, 6) is 1.81. The third-order valence-electron chi connectivity index (χ3n) is 2.41. The summed E-state index contributed by atoms with van der Waals surface area (Å²) in [5.41, 5.74) is 1.98. The molecular formula is C11H13IN2O. The number of halogens is 1. The fourth-order valence-electron chi connectivity index (χ4n) is 1.70. The van der Waals surface area contributed by atoms with E-state index < -0.39 is 0 Å². The molecule has 4 heteroatoms. The van der Waals surface area contributed by atoms with Crippen molar-refractivity contribution in [1.29, 1.82) is 0 Å². The molecule has 0 aromatic carbocycles. The molecule has 0 spiro atoms. The van der Waals surface area contributed by atoms with Crippen LogP contribution in [0.5, 0.6) is 0 Å². The van der Waals surface area contributed by atoms with Crippen LogP contribution in [0.25, 0.3) is 0 Å². The highest BCUT2D eigenvalue weighted by atomic mass is 127. The molecule has 2 rings (SSSR count). The van der Waals surface area contributed by atoms with Crippen molar-refractivity contribution >= 4 is 34.6 Å². The van der Waals surface area contributed by atoms with E-state index in [2.05, 4.69) is 39.2 Å². The Labute approximate surface area is 103 Å². The van der Waals surface area contributed by atoms with Crippen molar-refractivity contribution in [2.45, 2.75) is 23.7 Å². The molecule has 0 radical (unpaired) electrons. The van der Waals surface area contributed by atoms with Gasteiger partial charge in [-0.1, -0.05) is 29.2 Å². The summed E-state index contributed by atoms with van der Waals surface area (Å²) >= 11 is 2.36. The van der Waals surface area contributed by atoms with Gasteiger partial charge in [0.15, 0.2) is 0 Å². The molecule has 2 aliphatic heterocycles. The predicted octanol–water partition coefficient (Wildman–Crippen LogP) is 2.87. The van der Waals surface area contributed by atoms with Crippen molar-refractivity contribution in [3.8, 4) is 0 Å². The van der Waals surface area contributed by atoms with Crippen LogP contribution < -0.4 is 0 Å². The number of rotatable bonds is 0. The fraction of sp³-hybridized carbons (Fsp3) is 0.455. The number of hydrogen-bond donors (Lipinski definition) is 0. The van der Waals surface area contributed by atoms with Crippen molar-refractivity contribution < 1.29 is 4.74 Å². The summed E-state index contributed by atoms with van der Waals surface area (Å²) < 4.78 is 5.97. The Bertz CT molecular complexity index is 382. The fourth-order valence-corrected chi connectivity index (χ4v) is 2.26. The van der Waals surface area contributed by atoms with Crippen molar-refractivity contribution in [1.82, 2.24) is 0 Å². The van der Waals surface area contributed by atoms with E-state index in [0.717, 1.165) is 36.7 Å². The van der Waals surface area contributed by atoms with Gasteiger partial charge < -0.3 is 4.74 Å². The lowest BCUT2D eigenvalue weighted by atomic mass is 10.1. The van der Waals surface area contributed by atoms with E-state index in [1.807, 2.05) is 13.1 Å². The Hall–Kier alpha value is -0.650. The number of ether oxygens (including phenoxy) is 1. The molecule has 80 valence electrons. The van der Waals surface area contributed by atoms with Gasteiger partial charge in [0.25, 0.3) is 0 Å². The summed E-state index contributed by atoms with van der Waals surface area (Å²) in [6.45, 7) is 6.63. The third-order valence-corrected chi connectivity index (χ3v) is 3.18. The van der Waals surface area contributed by atoms with Crippen molar-refractivity contribution in [2.75, 3.05) is 6.61 Å². The van der Waals surface area contributed by atoms with Crippen LogP contribution in [0, 0.1) is 0 Å². The SMILES string of the molecule is C=C1/N=C(C)\N=C/[C@@H](I)CC2=C1CCO2. The Balaban J connectivity index is 2.37. The molecule has 1 atom stereocenters. The largest absolute Gasteiger partial charge is 0.497 e. The highest BCUT2D eigenvalue weighted by molar-refractivity contribution is 14.1. The zero-order chi connectivity index (χ0) is 10.8. The summed E-state index contributed by atoms with van der Waals surface area (Å²) in [5, 5.41) is 0. The molecule has 15 heavy (non-hydrogen) atoms. The van der Waals surface area contributed by atoms with E-state index >= 15 is 0 Å². The monoisotopic (exact) mass is 316 g/mol. The van der Waals surface area contributed by atoms with Crippen LogP contribution in [0.2, 0.25) is 0 Å². The second-order valence-corrected chi connectivity index (χ2v) is 5.20. The first-order valence-electron chi connectivity index (χ1n) is 4.94. The average molecular weight is 316 g/mol. The van der Waals surface area contributed by atoms with Crippen molar-refractivity contribution in [3.63, 3.8) is 0 Å². The maximum atomic E-state index is 5.61. The van der Waals surface area contributed by atoms with E-state index in [-0.39, 0.29) is 0 Å². The van der Waals surface area contributed by atoms with Gasteiger partial charge in [-0.25, -0.2) is 9.98 Å². The minimum atomic E-state index is 0.363. The van der Waals surface area contributed by atoms with Gasteiger partial charge in [0, 0.05) is 24.6 Å². The van der Waals surface area contributed by atoms with E-state index in [0.29, 0.717) is 3.92 Å². The molecule has 0 saturated carbocycles. The highest BCUT2D eigenvalue weighted by Gasteiger charge is 2.21. The zero-order valence-corrected chi connectivity index (χ0v) is 10.8. The molecule has 0 N–H and O–H groups in total. The van der Waals surface area contributed by atoms with Gasteiger partial charge in [0.1, 0.15) is 11.6 Å².